The topological polar surface area (TPSA) is 78.3 Å². The number of benzene rings is 1. The summed E-state index contributed by atoms with van der Waals surface area (Å²) < 4.78 is 36.2. The maximum Gasteiger partial charge on any atom is 0.387 e. The number of fused-ring (bicyclic) bond motifs is 1. The fourth-order valence-corrected chi connectivity index (χ4v) is 3.52. The predicted molar refractivity (Wildman–Crippen MR) is 106 cm³/mol. The van der Waals surface area contributed by atoms with Gasteiger partial charge in [-0.15, -0.1) is 0 Å². The number of ether oxygens (including phenoxy) is 2. The van der Waals surface area contributed by atoms with Crippen molar-refractivity contribution in [2.24, 2.45) is 7.05 Å². The van der Waals surface area contributed by atoms with Gasteiger partial charge in [0.2, 0.25) is 0 Å². The molecule has 1 amide bonds. The zero-order valence-electron chi connectivity index (χ0n) is 16.9. The summed E-state index contributed by atoms with van der Waals surface area (Å²) in [6.07, 6.45) is 2.15. The molecule has 1 N–H and O–H groups in total. The van der Waals surface area contributed by atoms with Gasteiger partial charge in [-0.1, -0.05) is 6.07 Å². The van der Waals surface area contributed by atoms with Gasteiger partial charge in [0, 0.05) is 25.2 Å². The fourth-order valence-electron chi connectivity index (χ4n) is 3.52. The number of aromatic nitrogens is 3. The van der Waals surface area contributed by atoms with Crippen LogP contribution in [0.1, 0.15) is 46.1 Å². The summed E-state index contributed by atoms with van der Waals surface area (Å²) in [5.74, 6) is 0.265. The smallest absolute Gasteiger partial charge is 0.387 e. The number of pyridine rings is 1. The average Bonchev–Trinajstić information content (AvgIpc) is 3.52. The molecule has 0 saturated heterocycles. The van der Waals surface area contributed by atoms with Crippen LogP contribution in [-0.4, -0.2) is 34.4 Å². The number of hydrogen-bond donors (Lipinski definition) is 1. The van der Waals surface area contributed by atoms with Crippen LogP contribution in [0.3, 0.4) is 0 Å². The van der Waals surface area contributed by atoms with Gasteiger partial charge in [-0.2, -0.15) is 13.9 Å². The maximum absolute atomic E-state index is 13.0. The Morgan fingerprint density at radius 3 is 2.73 bits per heavy atom. The van der Waals surface area contributed by atoms with Crippen molar-refractivity contribution in [3.05, 3.63) is 46.8 Å². The van der Waals surface area contributed by atoms with Crippen LogP contribution >= 0.6 is 0 Å². The van der Waals surface area contributed by atoms with E-state index in [1.165, 1.54) is 13.2 Å². The Labute approximate surface area is 172 Å². The van der Waals surface area contributed by atoms with Gasteiger partial charge in [0.05, 0.1) is 23.8 Å². The van der Waals surface area contributed by atoms with Crippen LogP contribution in [0.4, 0.5) is 8.78 Å². The second-order valence-corrected chi connectivity index (χ2v) is 7.32. The molecule has 158 valence electrons. The first-order valence-electron chi connectivity index (χ1n) is 9.61. The number of carbonyl (C=O) groups excluding carboxylic acids is 1. The molecular formula is C21H22F2N4O3. The molecule has 0 aliphatic heterocycles. The van der Waals surface area contributed by atoms with Crippen LogP contribution in [-0.2, 0) is 13.6 Å². The summed E-state index contributed by atoms with van der Waals surface area (Å²) in [6, 6.07) is 6.41. The van der Waals surface area contributed by atoms with Crippen LogP contribution in [0.25, 0.3) is 11.0 Å². The number of aryl methyl sites for hydroxylation is 2. The Balaban J connectivity index is 1.58. The van der Waals surface area contributed by atoms with Crippen molar-refractivity contribution >= 4 is 16.9 Å². The molecule has 2 aromatic heterocycles. The molecule has 0 atom stereocenters. The van der Waals surface area contributed by atoms with E-state index in [1.807, 2.05) is 20.0 Å². The number of rotatable bonds is 7. The minimum absolute atomic E-state index is 0.0570. The molecule has 1 aliphatic rings. The van der Waals surface area contributed by atoms with E-state index < -0.39 is 6.61 Å². The summed E-state index contributed by atoms with van der Waals surface area (Å²) in [7, 11) is 3.18. The minimum Gasteiger partial charge on any atom is -0.493 e. The molecule has 1 fully saturated rings. The van der Waals surface area contributed by atoms with Crippen LogP contribution in [0.15, 0.2) is 24.3 Å². The summed E-state index contributed by atoms with van der Waals surface area (Å²) >= 11 is 0. The normalized spacial score (nSPS) is 13.7. The van der Waals surface area contributed by atoms with Crippen LogP contribution in [0.2, 0.25) is 0 Å². The predicted octanol–water partition coefficient (Wildman–Crippen LogP) is 3.69. The SMILES string of the molecule is COc1cc(CNC(=O)c2cc(C3CC3)nc3c2c(C)nn3C)ccc1OC(F)F. The average molecular weight is 416 g/mol. The first kappa shape index (κ1) is 20.1. The molecule has 1 saturated carbocycles. The van der Waals surface area contributed by atoms with Gasteiger partial charge >= 0.3 is 6.61 Å². The van der Waals surface area contributed by atoms with E-state index >= 15 is 0 Å². The van der Waals surface area contributed by atoms with Crippen molar-refractivity contribution < 1.29 is 23.0 Å². The van der Waals surface area contributed by atoms with Gasteiger partial charge in [0.25, 0.3) is 5.91 Å². The summed E-state index contributed by atoms with van der Waals surface area (Å²) in [5.41, 5.74) is 3.57. The van der Waals surface area contributed by atoms with Crippen molar-refractivity contribution in [1.29, 1.82) is 0 Å². The van der Waals surface area contributed by atoms with Gasteiger partial charge in [-0.3, -0.25) is 9.48 Å². The fraction of sp³-hybridized carbons (Fsp3) is 0.381. The standard InChI is InChI=1S/C21H22F2N4O3/c1-11-18-14(9-15(13-5-6-13)25-19(18)27(2)26-11)20(28)24-10-12-4-7-16(30-21(22)23)17(8-12)29-3/h4,7-9,13,21H,5-6,10H2,1-3H3,(H,24,28). The molecule has 1 aromatic carbocycles. The highest BCUT2D eigenvalue weighted by atomic mass is 19.3. The minimum atomic E-state index is -2.94. The first-order valence-corrected chi connectivity index (χ1v) is 9.61. The highest BCUT2D eigenvalue weighted by molar-refractivity contribution is 6.06. The van der Waals surface area contributed by atoms with Gasteiger partial charge < -0.3 is 14.8 Å². The van der Waals surface area contributed by atoms with Crippen molar-refractivity contribution in [3.8, 4) is 11.5 Å². The number of hydrogen-bond acceptors (Lipinski definition) is 5. The molecule has 9 heteroatoms. The molecule has 3 aromatic rings. The van der Waals surface area contributed by atoms with Crippen molar-refractivity contribution in [3.63, 3.8) is 0 Å². The highest BCUT2D eigenvalue weighted by Crippen LogP contribution is 2.40. The molecule has 0 bridgehead atoms. The van der Waals surface area contributed by atoms with E-state index in [0.717, 1.165) is 29.6 Å². The Morgan fingerprint density at radius 1 is 1.30 bits per heavy atom. The van der Waals surface area contributed by atoms with Gasteiger partial charge in [-0.25, -0.2) is 4.98 Å². The van der Waals surface area contributed by atoms with E-state index in [2.05, 4.69) is 15.2 Å². The molecule has 2 heterocycles. The largest absolute Gasteiger partial charge is 0.493 e. The number of nitrogens with zero attached hydrogens (tertiary/aromatic N) is 3. The lowest BCUT2D eigenvalue weighted by Crippen LogP contribution is -2.23. The Kier molecular flexibility index (Phi) is 5.27. The Hall–Kier alpha value is -3.23. The Bertz CT molecular complexity index is 1110. The first-order chi connectivity index (χ1) is 14.4. The lowest BCUT2D eigenvalue weighted by Gasteiger charge is -2.12. The highest BCUT2D eigenvalue weighted by Gasteiger charge is 2.28. The molecule has 7 nitrogen and oxygen atoms in total. The lowest BCUT2D eigenvalue weighted by molar-refractivity contribution is -0.0512. The van der Waals surface area contributed by atoms with Gasteiger partial charge in [-0.05, 0) is 43.5 Å². The van der Waals surface area contributed by atoms with E-state index in [4.69, 9.17) is 9.72 Å². The van der Waals surface area contributed by atoms with Crippen molar-refractivity contribution in [1.82, 2.24) is 20.1 Å². The third-order valence-corrected chi connectivity index (χ3v) is 5.13. The van der Waals surface area contributed by atoms with Crippen molar-refractivity contribution in [2.75, 3.05) is 7.11 Å². The number of amides is 1. The number of methoxy groups -OCH3 is 1. The Morgan fingerprint density at radius 2 is 2.07 bits per heavy atom. The zero-order chi connectivity index (χ0) is 21.4. The molecular weight excluding hydrogens is 394 g/mol. The summed E-state index contributed by atoms with van der Waals surface area (Å²) in [4.78, 5) is 17.7. The van der Waals surface area contributed by atoms with E-state index in [0.29, 0.717) is 22.7 Å². The third kappa shape index (κ3) is 3.92. The summed E-state index contributed by atoms with van der Waals surface area (Å²) in [5, 5.41) is 8.04. The third-order valence-electron chi connectivity index (χ3n) is 5.13. The molecule has 4 rings (SSSR count). The van der Waals surface area contributed by atoms with Crippen LogP contribution < -0.4 is 14.8 Å². The number of carbonyl (C=O) groups is 1. The van der Waals surface area contributed by atoms with Gasteiger partial charge in [0.1, 0.15) is 0 Å². The number of nitrogens with one attached hydrogen (secondary N) is 1. The monoisotopic (exact) mass is 416 g/mol. The van der Waals surface area contributed by atoms with E-state index in [1.54, 1.807) is 16.8 Å². The second-order valence-electron chi connectivity index (χ2n) is 7.32. The molecule has 0 radical (unpaired) electrons. The summed E-state index contributed by atoms with van der Waals surface area (Å²) in [6.45, 7) is -0.891. The van der Waals surface area contributed by atoms with E-state index in [9.17, 15) is 13.6 Å². The lowest BCUT2D eigenvalue weighted by atomic mass is 10.1. The molecule has 0 spiro atoms. The number of halogens is 2. The molecule has 1 aliphatic carbocycles. The molecule has 30 heavy (non-hydrogen) atoms. The van der Waals surface area contributed by atoms with Crippen LogP contribution in [0, 0.1) is 6.92 Å². The van der Waals surface area contributed by atoms with E-state index in [-0.39, 0.29) is 24.0 Å². The van der Waals surface area contributed by atoms with Gasteiger partial charge in [0.15, 0.2) is 17.1 Å². The maximum atomic E-state index is 13.0. The zero-order valence-corrected chi connectivity index (χ0v) is 16.9. The van der Waals surface area contributed by atoms with Crippen LogP contribution in [0.5, 0.6) is 11.5 Å². The molecule has 0 unspecified atom stereocenters. The second kappa shape index (κ2) is 7.89. The van der Waals surface area contributed by atoms with Crippen molar-refractivity contribution in [2.45, 2.75) is 38.8 Å². The number of alkyl halides is 2. The quantitative estimate of drug-likeness (QED) is 0.636.